The summed E-state index contributed by atoms with van der Waals surface area (Å²) < 4.78 is 14.9. The van der Waals surface area contributed by atoms with E-state index in [1.807, 2.05) is 0 Å². The second-order valence-electron chi connectivity index (χ2n) is 3.34. The topological polar surface area (TPSA) is 65.0 Å². The standard InChI is InChI=1S/C13H16O5/c1-16-12-9-10(4-6-13(15)17-2)3-5-11(12)18-8-7-14/h3-6,9,14H,7-8H2,1-2H3/b6-4-. The van der Waals surface area contributed by atoms with Crippen LogP contribution >= 0.6 is 0 Å². The number of ether oxygens (including phenoxy) is 3. The molecule has 0 amide bonds. The zero-order valence-electron chi connectivity index (χ0n) is 10.4. The van der Waals surface area contributed by atoms with Crippen molar-refractivity contribution in [3.05, 3.63) is 29.8 Å². The minimum Gasteiger partial charge on any atom is -0.493 e. The molecular formula is C13H16O5. The van der Waals surface area contributed by atoms with Gasteiger partial charge in [-0.05, 0) is 23.8 Å². The second-order valence-corrected chi connectivity index (χ2v) is 3.34. The fourth-order valence-electron chi connectivity index (χ4n) is 1.29. The Bertz CT molecular complexity index is 425. The number of aliphatic hydroxyl groups excluding tert-OH is 1. The maximum absolute atomic E-state index is 11.0. The fourth-order valence-corrected chi connectivity index (χ4v) is 1.29. The molecule has 0 unspecified atom stereocenters. The fraction of sp³-hybridized carbons (Fsp3) is 0.308. The number of rotatable bonds is 6. The molecular weight excluding hydrogens is 236 g/mol. The number of esters is 1. The molecule has 0 aliphatic rings. The summed E-state index contributed by atoms with van der Waals surface area (Å²) in [6, 6.07) is 5.21. The Balaban J connectivity index is 2.84. The van der Waals surface area contributed by atoms with Crippen molar-refractivity contribution in [2.45, 2.75) is 0 Å². The predicted octanol–water partition coefficient (Wildman–Crippen LogP) is 1.25. The lowest BCUT2D eigenvalue weighted by Crippen LogP contribution is -2.03. The van der Waals surface area contributed by atoms with Crippen LogP contribution < -0.4 is 9.47 Å². The first kappa shape index (κ1) is 14.1. The quantitative estimate of drug-likeness (QED) is 0.609. The first-order chi connectivity index (χ1) is 8.71. The molecule has 0 saturated carbocycles. The van der Waals surface area contributed by atoms with Crippen LogP contribution in [0.4, 0.5) is 0 Å². The summed E-state index contributed by atoms with van der Waals surface area (Å²) in [7, 11) is 2.84. The third kappa shape index (κ3) is 4.10. The SMILES string of the molecule is COC(=O)/C=C\c1ccc(OCCO)c(OC)c1. The van der Waals surface area contributed by atoms with Crippen LogP contribution in [-0.4, -0.2) is 38.5 Å². The smallest absolute Gasteiger partial charge is 0.330 e. The van der Waals surface area contributed by atoms with Crippen molar-refractivity contribution in [3.63, 3.8) is 0 Å². The number of aliphatic hydroxyl groups is 1. The molecule has 0 radical (unpaired) electrons. The van der Waals surface area contributed by atoms with E-state index in [0.29, 0.717) is 11.5 Å². The van der Waals surface area contributed by atoms with E-state index < -0.39 is 5.97 Å². The largest absolute Gasteiger partial charge is 0.493 e. The van der Waals surface area contributed by atoms with Gasteiger partial charge in [-0.1, -0.05) is 6.07 Å². The molecule has 0 saturated heterocycles. The third-order valence-electron chi connectivity index (χ3n) is 2.15. The van der Waals surface area contributed by atoms with Gasteiger partial charge in [0.15, 0.2) is 11.5 Å². The molecule has 0 heterocycles. The lowest BCUT2D eigenvalue weighted by molar-refractivity contribution is -0.134. The second kappa shape index (κ2) is 7.34. The highest BCUT2D eigenvalue weighted by molar-refractivity contribution is 5.87. The summed E-state index contributed by atoms with van der Waals surface area (Å²) in [5.74, 6) is 0.659. The van der Waals surface area contributed by atoms with Gasteiger partial charge in [-0.25, -0.2) is 4.79 Å². The van der Waals surface area contributed by atoms with E-state index in [0.717, 1.165) is 5.56 Å². The molecule has 0 bridgehead atoms. The molecule has 5 nitrogen and oxygen atoms in total. The van der Waals surface area contributed by atoms with E-state index in [1.165, 1.54) is 20.3 Å². The predicted molar refractivity (Wildman–Crippen MR) is 66.6 cm³/mol. The van der Waals surface area contributed by atoms with Gasteiger partial charge in [0.2, 0.25) is 0 Å². The molecule has 1 aromatic rings. The molecule has 0 atom stereocenters. The highest BCUT2D eigenvalue weighted by atomic mass is 16.5. The van der Waals surface area contributed by atoms with E-state index in [4.69, 9.17) is 14.6 Å². The van der Waals surface area contributed by atoms with Crippen LogP contribution in [0.5, 0.6) is 11.5 Å². The van der Waals surface area contributed by atoms with Crippen molar-refractivity contribution in [1.82, 2.24) is 0 Å². The molecule has 98 valence electrons. The van der Waals surface area contributed by atoms with Crippen molar-refractivity contribution in [2.24, 2.45) is 0 Å². The molecule has 1 rings (SSSR count). The Labute approximate surface area is 106 Å². The van der Waals surface area contributed by atoms with Crippen molar-refractivity contribution in [2.75, 3.05) is 27.4 Å². The lowest BCUT2D eigenvalue weighted by Gasteiger charge is -2.10. The van der Waals surface area contributed by atoms with Gasteiger partial charge < -0.3 is 19.3 Å². The molecule has 5 heteroatoms. The minimum absolute atomic E-state index is 0.0624. The Hall–Kier alpha value is -2.01. The van der Waals surface area contributed by atoms with Crippen LogP contribution in [-0.2, 0) is 9.53 Å². The van der Waals surface area contributed by atoms with E-state index in [2.05, 4.69) is 4.74 Å². The molecule has 0 spiro atoms. The van der Waals surface area contributed by atoms with Gasteiger partial charge >= 0.3 is 5.97 Å². The average molecular weight is 252 g/mol. The van der Waals surface area contributed by atoms with Crippen LogP contribution in [0, 0.1) is 0 Å². The molecule has 0 aromatic heterocycles. The number of hydrogen-bond donors (Lipinski definition) is 1. The van der Waals surface area contributed by atoms with Gasteiger partial charge in [0.1, 0.15) is 6.61 Å². The van der Waals surface area contributed by atoms with Crippen LogP contribution in [0.25, 0.3) is 6.08 Å². The van der Waals surface area contributed by atoms with Gasteiger partial charge in [-0.15, -0.1) is 0 Å². The zero-order valence-corrected chi connectivity index (χ0v) is 10.4. The molecule has 1 N–H and O–H groups in total. The zero-order chi connectivity index (χ0) is 13.4. The molecule has 0 fully saturated rings. The normalized spacial score (nSPS) is 10.4. The van der Waals surface area contributed by atoms with Crippen LogP contribution in [0.3, 0.4) is 0 Å². The minimum atomic E-state index is -0.422. The highest BCUT2D eigenvalue weighted by Gasteiger charge is 2.04. The summed E-state index contributed by atoms with van der Waals surface area (Å²) >= 11 is 0. The van der Waals surface area contributed by atoms with Gasteiger partial charge in [0.25, 0.3) is 0 Å². The monoisotopic (exact) mass is 252 g/mol. The van der Waals surface area contributed by atoms with Crippen LogP contribution in [0.15, 0.2) is 24.3 Å². The maximum Gasteiger partial charge on any atom is 0.330 e. The van der Waals surface area contributed by atoms with Crippen molar-refractivity contribution < 1.29 is 24.1 Å². The Morgan fingerprint density at radius 1 is 1.33 bits per heavy atom. The van der Waals surface area contributed by atoms with Crippen LogP contribution in [0.1, 0.15) is 5.56 Å². The summed E-state index contributed by atoms with van der Waals surface area (Å²) in [5, 5.41) is 8.69. The Kier molecular flexibility index (Phi) is 5.73. The van der Waals surface area contributed by atoms with Gasteiger partial charge in [0.05, 0.1) is 20.8 Å². The first-order valence-electron chi connectivity index (χ1n) is 5.39. The molecule has 1 aromatic carbocycles. The Morgan fingerprint density at radius 3 is 2.72 bits per heavy atom. The van der Waals surface area contributed by atoms with E-state index >= 15 is 0 Å². The molecule has 0 aliphatic heterocycles. The number of carbonyl (C=O) groups is 1. The summed E-state index contributed by atoms with van der Waals surface area (Å²) in [6.45, 7) is 0.140. The van der Waals surface area contributed by atoms with Gasteiger partial charge in [-0.2, -0.15) is 0 Å². The average Bonchev–Trinajstić information content (AvgIpc) is 2.42. The number of carbonyl (C=O) groups excluding carboxylic acids is 1. The van der Waals surface area contributed by atoms with Crippen molar-refractivity contribution in [3.8, 4) is 11.5 Å². The Morgan fingerprint density at radius 2 is 2.11 bits per heavy atom. The van der Waals surface area contributed by atoms with Gasteiger partial charge in [0, 0.05) is 6.08 Å². The maximum atomic E-state index is 11.0. The summed E-state index contributed by atoms with van der Waals surface area (Å²) in [4.78, 5) is 11.0. The first-order valence-corrected chi connectivity index (χ1v) is 5.39. The lowest BCUT2D eigenvalue weighted by atomic mass is 10.2. The number of benzene rings is 1. The van der Waals surface area contributed by atoms with Gasteiger partial charge in [-0.3, -0.25) is 0 Å². The van der Waals surface area contributed by atoms with E-state index in [1.54, 1.807) is 24.3 Å². The van der Waals surface area contributed by atoms with Crippen LogP contribution in [0.2, 0.25) is 0 Å². The molecule has 0 aliphatic carbocycles. The van der Waals surface area contributed by atoms with E-state index in [9.17, 15) is 4.79 Å². The number of hydrogen-bond acceptors (Lipinski definition) is 5. The number of methoxy groups -OCH3 is 2. The summed E-state index contributed by atoms with van der Waals surface area (Å²) in [5.41, 5.74) is 0.786. The van der Waals surface area contributed by atoms with Crippen molar-refractivity contribution >= 4 is 12.0 Å². The van der Waals surface area contributed by atoms with E-state index in [-0.39, 0.29) is 13.2 Å². The highest BCUT2D eigenvalue weighted by Crippen LogP contribution is 2.28. The third-order valence-corrected chi connectivity index (χ3v) is 2.15. The summed E-state index contributed by atoms with van der Waals surface area (Å²) in [6.07, 6.45) is 2.94. The molecule has 18 heavy (non-hydrogen) atoms. The van der Waals surface area contributed by atoms with Crippen molar-refractivity contribution in [1.29, 1.82) is 0 Å².